The molecule has 1 atom stereocenters. The van der Waals surface area contributed by atoms with Crippen LogP contribution in [0.5, 0.6) is 0 Å². The monoisotopic (exact) mass is 288 g/mol. The van der Waals surface area contributed by atoms with E-state index in [1.165, 1.54) is 18.2 Å². The van der Waals surface area contributed by atoms with E-state index in [-0.39, 0.29) is 17.4 Å². The third-order valence-corrected chi connectivity index (χ3v) is 3.13. The highest BCUT2D eigenvalue weighted by Gasteiger charge is 2.13. The number of H-pyrrole nitrogens is 1. The van der Waals surface area contributed by atoms with E-state index >= 15 is 0 Å². The van der Waals surface area contributed by atoms with Crippen LogP contribution in [0.25, 0.3) is 0 Å². The summed E-state index contributed by atoms with van der Waals surface area (Å²) in [6, 6.07) is 9.15. The summed E-state index contributed by atoms with van der Waals surface area (Å²) in [6.07, 6.45) is 0.565. The Balaban J connectivity index is 2.01. The number of hydrogen-bond donors (Lipinski definition) is 2. The van der Waals surface area contributed by atoms with E-state index in [2.05, 4.69) is 10.3 Å². The number of aryl methyl sites for hydroxylation is 1. The first-order chi connectivity index (χ1) is 9.95. The Labute approximate surface area is 122 Å². The van der Waals surface area contributed by atoms with Crippen molar-refractivity contribution in [1.29, 1.82) is 0 Å². The number of hydrogen-bond acceptors (Lipinski definition) is 2. The molecule has 1 aromatic heterocycles. The fourth-order valence-electron chi connectivity index (χ4n) is 2.08. The standard InChI is InChI=1S/C16H17FN2O2/c1-10-3-8-14(15(20)18-10)16(21)19-11(2)9-12-4-6-13(17)7-5-12/h3-8,11H,9H2,1-2H3,(H,18,20)(H,19,21)/t11-/m1/s1. The predicted molar refractivity (Wildman–Crippen MR) is 78.8 cm³/mol. The van der Waals surface area contributed by atoms with Gasteiger partial charge in [0.1, 0.15) is 11.4 Å². The average Bonchev–Trinajstić information content (AvgIpc) is 2.41. The third-order valence-electron chi connectivity index (χ3n) is 3.13. The van der Waals surface area contributed by atoms with Crippen LogP contribution in [0.2, 0.25) is 0 Å². The summed E-state index contributed by atoms with van der Waals surface area (Å²) in [4.78, 5) is 26.3. The summed E-state index contributed by atoms with van der Waals surface area (Å²) >= 11 is 0. The lowest BCUT2D eigenvalue weighted by molar-refractivity contribution is 0.0938. The molecular weight excluding hydrogens is 271 g/mol. The van der Waals surface area contributed by atoms with E-state index in [9.17, 15) is 14.0 Å². The van der Waals surface area contributed by atoms with Crippen LogP contribution in [0.3, 0.4) is 0 Å². The van der Waals surface area contributed by atoms with Crippen molar-refractivity contribution in [1.82, 2.24) is 10.3 Å². The first kappa shape index (κ1) is 15.0. The third kappa shape index (κ3) is 4.02. The molecule has 0 radical (unpaired) electrons. The molecule has 2 aromatic rings. The molecule has 2 N–H and O–H groups in total. The number of benzene rings is 1. The van der Waals surface area contributed by atoms with Gasteiger partial charge in [0.25, 0.3) is 11.5 Å². The van der Waals surface area contributed by atoms with Crippen LogP contribution in [0.1, 0.15) is 28.5 Å². The zero-order valence-corrected chi connectivity index (χ0v) is 11.9. The van der Waals surface area contributed by atoms with Gasteiger partial charge >= 0.3 is 0 Å². The molecule has 21 heavy (non-hydrogen) atoms. The van der Waals surface area contributed by atoms with Crippen molar-refractivity contribution in [2.45, 2.75) is 26.3 Å². The van der Waals surface area contributed by atoms with Crippen LogP contribution >= 0.6 is 0 Å². The summed E-state index contributed by atoms with van der Waals surface area (Å²) in [5.41, 5.74) is 1.31. The lowest BCUT2D eigenvalue weighted by Crippen LogP contribution is -2.37. The van der Waals surface area contributed by atoms with Gasteiger partial charge in [-0.15, -0.1) is 0 Å². The minimum absolute atomic E-state index is 0.0894. The Kier molecular flexibility index (Phi) is 4.52. The SMILES string of the molecule is Cc1ccc(C(=O)N[C@H](C)Cc2ccc(F)cc2)c(=O)[nH]1. The minimum Gasteiger partial charge on any atom is -0.349 e. The second kappa shape index (κ2) is 6.35. The summed E-state index contributed by atoms with van der Waals surface area (Å²) in [7, 11) is 0. The Bertz CT molecular complexity index is 692. The van der Waals surface area contributed by atoms with Gasteiger partial charge in [0.15, 0.2) is 0 Å². The van der Waals surface area contributed by atoms with Crippen molar-refractivity contribution in [3.05, 3.63) is 69.4 Å². The van der Waals surface area contributed by atoms with Crippen molar-refractivity contribution < 1.29 is 9.18 Å². The van der Waals surface area contributed by atoms with Gasteiger partial charge < -0.3 is 10.3 Å². The lowest BCUT2D eigenvalue weighted by Gasteiger charge is -2.13. The van der Waals surface area contributed by atoms with E-state index in [0.717, 1.165) is 5.56 Å². The number of carbonyl (C=O) groups excluding carboxylic acids is 1. The largest absolute Gasteiger partial charge is 0.349 e. The van der Waals surface area contributed by atoms with Gasteiger partial charge in [-0.25, -0.2) is 4.39 Å². The highest BCUT2D eigenvalue weighted by molar-refractivity contribution is 5.93. The molecule has 0 spiro atoms. The van der Waals surface area contributed by atoms with E-state index < -0.39 is 11.5 Å². The van der Waals surface area contributed by atoms with Crippen LogP contribution in [0.15, 0.2) is 41.2 Å². The second-order valence-corrected chi connectivity index (χ2v) is 5.09. The number of aromatic amines is 1. The number of aromatic nitrogens is 1. The summed E-state index contributed by atoms with van der Waals surface area (Å²) in [5.74, 6) is -0.701. The van der Waals surface area contributed by atoms with Gasteiger partial charge in [0, 0.05) is 11.7 Å². The molecule has 1 heterocycles. The van der Waals surface area contributed by atoms with E-state index in [0.29, 0.717) is 12.1 Å². The average molecular weight is 288 g/mol. The Hall–Kier alpha value is -2.43. The normalized spacial score (nSPS) is 12.0. The number of amides is 1. The molecular formula is C16H17FN2O2. The van der Waals surface area contributed by atoms with Gasteiger partial charge in [-0.1, -0.05) is 12.1 Å². The number of pyridine rings is 1. The van der Waals surface area contributed by atoms with Crippen LogP contribution in [-0.2, 0) is 6.42 Å². The van der Waals surface area contributed by atoms with Crippen LogP contribution in [0, 0.1) is 12.7 Å². The molecule has 110 valence electrons. The fourth-order valence-corrected chi connectivity index (χ4v) is 2.08. The number of rotatable bonds is 4. The van der Waals surface area contributed by atoms with Crippen LogP contribution < -0.4 is 10.9 Å². The second-order valence-electron chi connectivity index (χ2n) is 5.09. The summed E-state index contributed by atoms with van der Waals surface area (Å²) in [5, 5.41) is 2.77. The molecule has 0 saturated carbocycles. The lowest BCUT2D eigenvalue weighted by atomic mass is 10.1. The van der Waals surface area contributed by atoms with Crippen molar-refractivity contribution in [3.63, 3.8) is 0 Å². The zero-order chi connectivity index (χ0) is 15.4. The van der Waals surface area contributed by atoms with Gasteiger partial charge in [0.2, 0.25) is 0 Å². The van der Waals surface area contributed by atoms with Crippen LogP contribution in [-0.4, -0.2) is 16.9 Å². The molecule has 0 fully saturated rings. The molecule has 5 heteroatoms. The van der Waals surface area contributed by atoms with E-state index in [4.69, 9.17) is 0 Å². The zero-order valence-electron chi connectivity index (χ0n) is 11.9. The van der Waals surface area contributed by atoms with Gasteiger partial charge in [-0.2, -0.15) is 0 Å². The number of carbonyl (C=O) groups is 1. The van der Waals surface area contributed by atoms with Crippen molar-refractivity contribution >= 4 is 5.91 Å². The van der Waals surface area contributed by atoms with Crippen LogP contribution in [0.4, 0.5) is 4.39 Å². The molecule has 0 aliphatic heterocycles. The molecule has 0 bridgehead atoms. The predicted octanol–water partition coefficient (Wildman–Crippen LogP) is 2.18. The summed E-state index contributed by atoms with van der Waals surface area (Å²) < 4.78 is 12.8. The Morgan fingerprint density at radius 3 is 2.52 bits per heavy atom. The minimum atomic E-state index is -0.411. The maximum atomic E-state index is 12.8. The Morgan fingerprint density at radius 2 is 1.90 bits per heavy atom. The molecule has 4 nitrogen and oxygen atoms in total. The number of nitrogens with one attached hydrogen (secondary N) is 2. The number of halogens is 1. The van der Waals surface area contributed by atoms with Gasteiger partial charge in [-0.05, 0) is 50.1 Å². The summed E-state index contributed by atoms with van der Waals surface area (Å²) in [6.45, 7) is 3.59. The first-order valence-electron chi connectivity index (χ1n) is 6.71. The molecule has 0 aliphatic rings. The maximum absolute atomic E-state index is 12.8. The molecule has 1 aromatic carbocycles. The highest BCUT2D eigenvalue weighted by atomic mass is 19.1. The quantitative estimate of drug-likeness (QED) is 0.906. The highest BCUT2D eigenvalue weighted by Crippen LogP contribution is 2.06. The van der Waals surface area contributed by atoms with Crippen molar-refractivity contribution in [2.24, 2.45) is 0 Å². The van der Waals surface area contributed by atoms with Gasteiger partial charge in [0.05, 0.1) is 0 Å². The molecule has 0 saturated heterocycles. The molecule has 0 unspecified atom stereocenters. The first-order valence-corrected chi connectivity index (χ1v) is 6.71. The topological polar surface area (TPSA) is 62.0 Å². The molecule has 2 rings (SSSR count). The van der Waals surface area contributed by atoms with E-state index in [1.807, 2.05) is 6.92 Å². The smallest absolute Gasteiger partial charge is 0.260 e. The molecule has 0 aliphatic carbocycles. The van der Waals surface area contributed by atoms with E-state index in [1.54, 1.807) is 25.1 Å². The fraction of sp³-hybridized carbons (Fsp3) is 0.250. The van der Waals surface area contributed by atoms with Gasteiger partial charge in [-0.3, -0.25) is 9.59 Å². The van der Waals surface area contributed by atoms with Crippen molar-refractivity contribution in [2.75, 3.05) is 0 Å². The van der Waals surface area contributed by atoms with Crippen molar-refractivity contribution in [3.8, 4) is 0 Å². The Morgan fingerprint density at radius 1 is 1.24 bits per heavy atom. The maximum Gasteiger partial charge on any atom is 0.260 e. The molecule has 1 amide bonds.